The molecule has 1 saturated heterocycles. The van der Waals surface area contributed by atoms with Gasteiger partial charge in [-0.2, -0.15) is 4.98 Å². The van der Waals surface area contributed by atoms with Gasteiger partial charge in [-0.3, -0.25) is 9.59 Å². The number of sulfone groups is 1. The Morgan fingerprint density at radius 1 is 1.48 bits per heavy atom. The highest BCUT2D eigenvalue weighted by molar-refractivity contribution is 7.91. The van der Waals surface area contributed by atoms with Crippen molar-refractivity contribution in [3.05, 3.63) is 34.6 Å². The maximum absolute atomic E-state index is 11.9. The van der Waals surface area contributed by atoms with Gasteiger partial charge in [-0.15, -0.1) is 0 Å². The van der Waals surface area contributed by atoms with Gasteiger partial charge in [0.2, 0.25) is 17.6 Å². The summed E-state index contributed by atoms with van der Waals surface area (Å²) in [4.78, 5) is 30.1. The van der Waals surface area contributed by atoms with Gasteiger partial charge >= 0.3 is 0 Å². The average molecular weight is 338 g/mol. The largest absolute Gasteiger partial charge is 0.347 e. The molecule has 2 N–H and O–H groups in total. The molecule has 9 nitrogen and oxygen atoms in total. The van der Waals surface area contributed by atoms with Crippen molar-refractivity contribution in [2.75, 3.05) is 11.5 Å². The molecule has 3 heterocycles. The Hall–Kier alpha value is -2.49. The zero-order valence-electron chi connectivity index (χ0n) is 12.0. The van der Waals surface area contributed by atoms with Crippen LogP contribution >= 0.6 is 0 Å². The van der Waals surface area contributed by atoms with E-state index in [-0.39, 0.29) is 46.8 Å². The van der Waals surface area contributed by atoms with Gasteiger partial charge in [0.15, 0.2) is 9.84 Å². The monoisotopic (exact) mass is 338 g/mol. The summed E-state index contributed by atoms with van der Waals surface area (Å²) < 4.78 is 27.7. The Morgan fingerprint density at radius 2 is 2.30 bits per heavy atom. The molecule has 1 aliphatic heterocycles. The first-order valence-electron chi connectivity index (χ1n) is 6.93. The van der Waals surface area contributed by atoms with Crippen molar-refractivity contribution in [3.8, 4) is 11.4 Å². The predicted molar refractivity (Wildman–Crippen MR) is 79.0 cm³/mol. The molecule has 122 valence electrons. The maximum Gasteiger partial charge on any atom is 0.259 e. The molecular weight excluding hydrogens is 324 g/mol. The van der Waals surface area contributed by atoms with E-state index in [1.807, 2.05) is 0 Å². The fraction of sp³-hybridized carbons (Fsp3) is 0.385. The summed E-state index contributed by atoms with van der Waals surface area (Å²) >= 11 is 0. The van der Waals surface area contributed by atoms with Crippen LogP contribution in [-0.2, 0) is 21.2 Å². The van der Waals surface area contributed by atoms with Crippen LogP contribution < -0.4 is 10.9 Å². The molecule has 1 amide bonds. The minimum absolute atomic E-state index is 0.0207. The fourth-order valence-corrected chi connectivity index (χ4v) is 4.08. The number of H-pyrrole nitrogens is 1. The summed E-state index contributed by atoms with van der Waals surface area (Å²) in [6, 6.07) is 3.19. The molecule has 0 radical (unpaired) electrons. The van der Waals surface area contributed by atoms with Gasteiger partial charge in [0.25, 0.3) is 5.56 Å². The molecule has 1 aliphatic rings. The summed E-state index contributed by atoms with van der Waals surface area (Å²) in [5, 5.41) is 6.27. The fourth-order valence-electron chi connectivity index (χ4n) is 2.34. The number of amides is 1. The second-order valence-corrected chi connectivity index (χ2v) is 7.47. The number of nitrogens with one attached hydrogen (secondary N) is 2. The van der Waals surface area contributed by atoms with E-state index >= 15 is 0 Å². The summed E-state index contributed by atoms with van der Waals surface area (Å²) in [6.45, 7) is -0.0207. The summed E-state index contributed by atoms with van der Waals surface area (Å²) in [5.41, 5.74) is -0.0873. The number of aromatic amines is 1. The highest BCUT2D eigenvalue weighted by Gasteiger charge is 2.32. The molecule has 1 fully saturated rings. The van der Waals surface area contributed by atoms with Crippen LogP contribution in [0.4, 0.5) is 0 Å². The van der Waals surface area contributed by atoms with Crippen LogP contribution in [0.2, 0.25) is 0 Å². The molecule has 2 aromatic rings. The molecule has 23 heavy (non-hydrogen) atoms. The van der Waals surface area contributed by atoms with Crippen molar-refractivity contribution < 1.29 is 17.7 Å². The SMILES string of the molecule is O=C(NCc1nc(-c2ccc[nH]c2=O)no1)[C@@H]1CCS(=O)(=O)C1. The zero-order chi connectivity index (χ0) is 16.4. The lowest BCUT2D eigenvalue weighted by atomic mass is 10.1. The second kappa shape index (κ2) is 5.95. The number of hydrogen-bond acceptors (Lipinski definition) is 7. The Bertz CT molecular complexity index is 886. The Balaban J connectivity index is 1.63. The van der Waals surface area contributed by atoms with E-state index in [0.717, 1.165) is 0 Å². The van der Waals surface area contributed by atoms with Crippen molar-refractivity contribution in [1.82, 2.24) is 20.4 Å². The van der Waals surface area contributed by atoms with E-state index in [0.29, 0.717) is 6.42 Å². The van der Waals surface area contributed by atoms with E-state index < -0.39 is 15.8 Å². The molecule has 0 aromatic carbocycles. The van der Waals surface area contributed by atoms with Gasteiger partial charge in [0.1, 0.15) is 0 Å². The lowest BCUT2D eigenvalue weighted by Gasteiger charge is -2.06. The molecule has 0 aliphatic carbocycles. The Labute approximate surface area is 131 Å². The number of carbonyl (C=O) groups is 1. The van der Waals surface area contributed by atoms with E-state index in [4.69, 9.17) is 4.52 Å². The average Bonchev–Trinajstić information content (AvgIpc) is 3.12. The molecule has 3 rings (SSSR count). The van der Waals surface area contributed by atoms with Crippen molar-refractivity contribution in [2.45, 2.75) is 13.0 Å². The van der Waals surface area contributed by atoms with Crippen molar-refractivity contribution >= 4 is 15.7 Å². The number of hydrogen-bond donors (Lipinski definition) is 2. The Morgan fingerprint density at radius 3 is 3.00 bits per heavy atom. The van der Waals surface area contributed by atoms with Gasteiger partial charge in [0, 0.05) is 6.20 Å². The van der Waals surface area contributed by atoms with E-state index in [2.05, 4.69) is 20.4 Å². The standard InChI is InChI=1S/C13H14N4O5S/c18-12(8-3-5-23(20,21)7-8)15-6-10-16-11(17-22-10)9-2-1-4-14-13(9)19/h1-2,4,8H,3,5-7H2,(H,14,19)(H,15,18)/t8-/m1/s1. The molecule has 1 atom stereocenters. The molecule has 0 saturated carbocycles. The van der Waals surface area contributed by atoms with Gasteiger partial charge in [-0.25, -0.2) is 8.42 Å². The summed E-state index contributed by atoms with van der Waals surface area (Å²) in [7, 11) is -3.11. The summed E-state index contributed by atoms with van der Waals surface area (Å²) in [6.07, 6.45) is 1.81. The van der Waals surface area contributed by atoms with Crippen molar-refractivity contribution in [1.29, 1.82) is 0 Å². The zero-order valence-corrected chi connectivity index (χ0v) is 12.8. The van der Waals surface area contributed by atoms with Crippen LogP contribution in [-0.4, -0.2) is 41.0 Å². The maximum atomic E-state index is 11.9. The van der Waals surface area contributed by atoms with Gasteiger partial charge in [-0.05, 0) is 18.6 Å². The summed E-state index contributed by atoms with van der Waals surface area (Å²) in [5.74, 6) is -0.736. The smallest absolute Gasteiger partial charge is 0.259 e. The number of pyridine rings is 1. The highest BCUT2D eigenvalue weighted by atomic mass is 32.2. The lowest BCUT2D eigenvalue weighted by molar-refractivity contribution is -0.124. The first-order valence-corrected chi connectivity index (χ1v) is 8.75. The molecule has 0 spiro atoms. The number of carbonyl (C=O) groups excluding carboxylic acids is 1. The lowest BCUT2D eigenvalue weighted by Crippen LogP contribution is -2.31. The van der Waals surface area contributed by atoms with Gasteiger partial charge in [-0.1, -0.05) is 5.16 Å². The van der Waals surface area contributed by atoms with Gasteiger partial charge in [0.05, 0.1) is 29.5 Å². The molecule has 10 heteroatoms. The minimum Gasteiger partial charge on any atom is -0.347 e. The number of rotatable bonds is 4. The van der Waals surface area contributed by atoms with Crippen LogP contribution in [0.15, 0.2) is 27.6 Å². The van der Waals surface area contributed by atoms with Crippen molar-refractivity contribution in [2.24, 2.45) is 5.92 Å². The number of aromatic nitrogens is 3. The van der Waals surface area contributed by atoms with Crippen LogP contribution in [0.5, 0.6) is 0 Å². The van der Waals surface area contributed by atoms with Crippen LogP contribution in [0.25, 0.3) is 11.4 Å². The van der Waals surface area contributed by atoms with Gasteiger partial charge < -0.3 is 14.8 Å². The first kappa shape index (κ1) is 15.4. The quantitative estimate of drug-likeness (QED) is 0.765. The van der Waals surface area contributed by atoms with Crippen LogP contribution in [0, 0.1) is 5.92 Å². The van der Waals surface area contributed by atoms with E-state index in [1.165, 1.54) is 6.20 Å². The number of nitrogens with zero attached hydrogens (tertiary/aromatic N) is 2. The van der Waals surface area contributed by atoms with E-state index in [9.17, 15) is 18.0 Å². The molecule has 0 unspecified atom stereocenters. The second-order valence-electron chi connectivity index (χ2n) is 5.24. The third-order valence-electron chi connectivity index (χ3n) is 3.54. The molecule has 2 aromatic heterocycles. The van der Waals surface area contributed by atoms with Crippen LogP contribution in [0.1, 0.15) is 12.3 Å². The van der Waals surface area contributed by atoms with E-state index in [1.54, 1.807) is 12.1 Å². The van der Waals surface area contributed by atoms with Crippen LogP contribution in [0.3, 0.4) is 0 Å². The van der Waals surface area contributed by atoms with Crippen molar-refractivity contribution in [3.63, 3.8) is 0 Å². The first-order chi connectivity index (χ1) is 10.9. The highest BCUT2D eigenvalue weighted by Crippen LogP contribution is 2.18. The Kier molecular flexibility index (Phi) is 3.99. The predicted octanol–water partition coefficient (Wildman–Crippen LogP) is -0.524. The molecular formula is C13H14N4O5S. The normalized spacial score (nSPS) is 19.6. The topological polar surface area (TPSA) is 135 Å². The minimum atomic E-state index is -3.11. The third-order valence-corrected chi connectivity index (χ3v) is 5.31. The third kappa shape index (κ3) is 3.47. The molecule has 0 bridgehead atoms.